The molecule has 6 nitrogen and oxygen atoms in total. The fourth-order valence-electron chi connectivity index (χ4n) is 3.48. The average molecular weight is 345 g/mol. The zero-order valence-electron chi connectivity index (χ0n) is 14.6. The largest absolute Gasteiger partial charge is 0.461 e. The van der Waals surface area contributed by atoms with Crippen LogP contribution in [0.4, 0.5) is 11.5 Å². The van der Waals surface area contributed by atoms with E-state index in [1.54, 1.807) is 10.8 Å². The number of nitrogens with one attached hydrogen (secondary N) is 1. The van der Waals surface area contributed by atoms with Crippen molar-refractivity contribution in [1.82, 2.24) is 19.6 Å². The molecule has 0 aliphatic heterocycles. The molecule has 130 valence electrons. The highest BCUT2D eigenvalue weighted by Gasteiger charge is 2.23. The van der Waals surface area contributed by atoms with E-state index in [-0.39, 0.29) is 0 Å². The van der Waals surface area contributed by atoms with Gasteiger partial charge >= 0.3 is 0 Å². The molecule has 1 N–H and O–H groups in total. The summed E-state index contributed by atoms with van der Waals surface area (Å²) in [4.78, 5) is 9.29. The summed E-state index contributed by atoms with van der Waals surface area (Å²) in [5.41, 5.74) is 4.71. The van der Waals surface area contributed by atoms with Crippen LogP contribution < -0.4 is 5.32 Å². The standard InChI is InChI=1S/C20H19N5O/c1-2-13-8-10-14(11-9-13)21-19-15-5-3-6-16(15)22-20-23-18(24-25(19)20)17-7-4-12-26-17/h4,7-12,21H,2-3,5-6H2,1H3. The lowest BCUT2D eigenvalue weighted by atomic mass is 10.1. The Bertz CT molecular complexity index is 1060. The molecule has 0 amide bonds. The number of furan rings is 1. The molecule has 1 aromatic carbocycles. The Labute approximate surface area is 150 Å². The monoisotopic (exact) mass is 345 g/mol. The molecule has 3 heterocycles. The molecule has 3 aromatic heterocycles. The summed E-state index contributed by atoms with van der Waals surface area (Å²) in [6.45, 7) is 2.16. The van der Waals surface area contributed by atoms with E-state index >= 15 is 0 Å². The van der Waals surface area contributed by atoms with Crippen LogP contribution in [0.3, 0.4) is 0 Å². The molecule has 0 radical (unpaired) electrons. The minimum Gasteiger partial charge on any atom is -0.461 e. The minimum atomic E-state index is 0.551. The van der Waals surface area contributed by atoms with Crippen molar-refractivity contribution in [3.8, 4) is 11.6 Å². The van der Waals surface area contributed by atoms with Crippen LogP contribution in [0.2, 0.25) is 0 Å². The van der Waals surface area contributed by atoms with Gasteiger partial charge in [0.25, 0.3) is 5.78 Å². The molecule has 6 heteroatoms. The van der Waals surface area contributed by atoms with Gasteiger partial charge in [-0.15, -0.1) is 5.10 Å². The highest BCUT2D eigenvalue weighted by Crippen LogP contribution is 2.31. The summed E-state index contributed by atoms with van der Waals surface area (Å²) in [7, 11) is 0. The highest BCUT2D eigenvalue weighted by molar-refractivity contribution is 5.65. The highest BCUT2D eigenvalue weighted by atomic mass is 16.3. The Hall–Kier alpha value is -3.15. The number of fused-ring (bicyclic) bond motifs is 2. The third kappa shape index (κ3) is 2.45. The first-order valence-corrected chi connectivity index (χ1v) is 9.00. The number of nitrogens with zero attached hydrogens (tertiary/aromatic N) is 4. The van der Waals surface area contributed by atoms with E-state index in [2.05, 4.69) is 46.6 Å². The summed E-state index contributed by atoms with van der Waals surface area (Å²) in [5, 5.41) is 8.20. The van der Waals surface area contributed by atoms with Gasteiger partial charge in [-0.25, -0.2) is 4.98 Å². The SMILES string of the molecule is CCc1ccc(Nc2c3c(nc4nc(-c5ccco5)nn24)CCC3)cc1. The fraction of sp³-hybridized carbons (Fsp3) is 0.250. The fourth-order valence-corrected chi connectivity index (χ4v) is 3.48. The number of anilines is 2. The van der Waals surface area contributed by atoms with Gasteiger partial charge in [0.1, 0.15) is 5.82 Å². The van der Waals surface area contributed by atoms with Crippen LogP contribution >= 0.6 is 0 Å². The molecule has 26 heavy (non-hydrogen) atoms. The van der Waals surface area contributed by atoms with E-state index in [0.29, 0.717) is 17.4 Å². The van der Waals surface area contributed by atoms with Crippen LogP contribution in [0.15, 0.2) is 47.1 Å². The van der Waals surface area contributed by atoms with E-state index in [9.17, 15) is 0 Å². The zero-order chi connectivity index (χ0) is 17.5. The maximum Gasteiger partial charge on any atom is 0.255 e. The number of hydrogen-bond donors (Lipinski definition) is 1. The molecule has 4 aromatic rings. The Kier molecular flexibility index (Phi) is 3.48. The first kappa shape index (κ1) is 15.1. The molecule has 1 aliphatic carbocycles. The van der Waals surface area contributed by atoms with Crippen molar-refractivity contribution in [1.29, 1.82) is 0 Å². The molecular formula is C20H19N5O. The van der Waals surface area contributed by atoms with Crippen LogP contribution in [-0.2, 0) is 19.3 Å². The normalized spacial score (nSPS) is 13.3. The van der Waals surface area contributed by atoms with E-state index in [4.69, 9.17) is 9.40 Å². The molecule has 0 saturated carbocycles. The van der Waals surface area contributed by atoms with Crippen LogP contribution in [0.5, 0.6) is 0 Å². The lowest BCUT2D eigenvalue weighted by Gasteiger charge is -2.12. The summed E-state index contributed by atoms with van der Waals surface area (Å²) in [6.07, 6.45) is 5.76. The van der Waals surface area contributed by atoms with E-state index < -0.39 is 0 Å². The molecule has 0 saturated heterocycles. The van der Waals surface area contributed by atoms with E-state index in [0.717, 1.165) is 42.9 Å². The van der Waals surface area contributed by atoms with Crippen LogP contribution in [0, 0.1) is 0 Å². The number of hydrogen-bond acceptors (Lipinski definition) is 5. The number of benzene rings is 1. The third-order valence-corrected chi connectivity index (χ3v) is 4.88. The quantitative estimate of drug-likeness (QED) is 0.601. The first-order valence-electron chi connectivity index (χ1n) is 9.00. The van der Waals surface area contributed by atoms with Gasteiger partial charge in [0.15, 0.2) is 5.76 Å². The van der Waals surface area contributed by atoms with Crippen molar-refractivity contribution in [2.75, 3.05) is 5.32 Å². The molecule has 1 aliphatic rings. The lowest BCUT2D eigenvalue weighted by molar-refractivity contribution is 0.577. The van der Waals surface area contributed by atoms with Gasteiger partial charge in [-0.05, 0) is 55.5 Å². The van der Waals surface area contributed by atoms with Crippen molar-refractivity contribution < 1.29 is 4.42 Å². The average Bonchev–Trinajstić information content (AvgIpc) is 3.41. The third-order valence-electron chi connectivity index (χ3n) is 4.88. The van der Waals surface area contributed by atoms with Crippen LogP contribution in [0.1, 0.15) is 30.2 Å². The lowest BCUT2D eigenvalue weighted by Crippen LogP contribution is -2.07. The van der Waals surface area contributed by atoms with Gasteiger partial charge in [0, 0.05) is 11.3 Å². The van der Waals surface area contributed by atoms with Gasteiger partial charge in [-0.1, -0.05) is 19.1 Å². The molecule has 0 fully saturated rings. The second-order valence-electron chi connectivity index (χ2n) is 6.54. The number of aromatic nitrogens is 4. The molecule has 0 spiro atoms. The Morgan fingerprint density at radius 1 is 1.12 bits per heavy atom. The predicted molar refractivity (Wildman–Crippen MR) is 99.6 cm³/mol. The molecular weight excluding hydrogens is 326 g/mol. The van der Waals surface area contributed by atoms with Crippen molar-refractivity contribution >= 4 is 17.3 Å². The summed E-state index contributed by atoms with van der Waals surface area (Å²) in [5.74, 6) is 2.76. The smallest absolute Gasteiger partial charge is 0.255 e. The molecule has 5 rings (SSSR count). The zero-order valence-corrected chi connectivity index (χ0v) is 14.6. The van der Waals surface area contributed by atoms with E-state index in [1.165, 1.54) is 11.1 Å². The van der Waals surface area contributed by atoms with Gasteiger partial charge < -0.3 is 9.73 Å². The van der Waals surface area contributed by atoms with E-state index in [1.807, 2.05) is 12.1 Å². The minimum absolute atomic E-state index is 0.551. The summed E-state index contributed by atoms with van der Waals surface area (Å²) >= 11 is 0. The number of rotatable bonds is 4. The molecule has 0 bridgehead atoms. The number of aryl methyl sites for hydroxylation is 2. The second kappa shape index (κ2) is 5.98. The predicted octanol–water partition coefficient (Wildman–Crippen LogP) is 4.18. The van der Waals surface area contributed by atoms with Gasteiger partial charge in [0.05, 0.1) is 12.0 Å². The maximum absolute atomic E-state index is 5.45. The van der Waals surface area contributed by atoms with Crippen molar-refractivity contribution in [2.45, 2.75) is 32.6 Å². The van der Waals surface area contributed by atoms with Crippen molar-refractivity contribution in [2.24, 2.45) is 0 Å². The van der Waals surface area contributed by atoms with Gasteiger partial charge in [0.2, 0.25) is 5.82 Å². The Balaban J connectivity index is 1.64. The van der Waals surface area contributed by atoms with Crippen molar-refractivity contribution in [3.63, 3.8) is 0 Å². The van der Waals surface area contributed by atoms with Gasteiger partial charge in [-0.2, -0.15) is 9.50 Å². The Morgan fingerprint density at radius 2 is 2.00 bits per heavy atom. The van der Waals surface area contributed by atoms with Crippen LogP contribution in [-0.4, -0.2) is 19.6 Å². The van der Waals surface area contributed by atoms with Crippen molar-refractivity contribution in [3.05, 3.63) is 59.5 Å². The molecule has 0 atom stereocenters. The second-order valence-corrected chi connectivity index (χ2v) is 6.54. The summed E-state index contributed by atoms with van der Waals surface area (Å²) in [6, 6.07) is 12.2. The van der Waals surface area contributed by atoms with Gasteiger partial charge in [-0.3, -0.25) is 0 Å². The Morgan fingerprint density at radius 3 is 2.77 bits per heavy atom. The van der Waals surface area contributed by atoms with Crippen LogP contribution in [0.25, 0.3) is 17.4 Å². The molecule has 0 unspecified atom stereocenters. The topological polar surface area (TPSA) is 68.2 Å². The maximum atomic E-state index is 5.45. The first-order chi connectivity index (χ1) is 12.8. The summed E-state index contributed by atoms with van der Waals surface area (Å²) < 4.78 is 7.25.